The number of carbonyl (C=O) groups excluding carboxylic acids is 3. The van der Waals surface area contributed by atoms with Crippen molar-refractivity contribution in [1.29, 1.82) is 0 Å². The first-order valence-corrected chi connectivity index (χ1v) is 11.8. The van der Waals surface area contributed by atoms with E-state index in [9.17, 15) is 14.4 Å². The molecule has 5 fully saturated rings. The summed E-state index contributed by atoms with van der Waals surface area (Å²) in [5.74, 6) is 2.27. The Bertz CT molecular complexity index is 606. The molecule has 162 valence electrons. The van der Waals surface area contributed by atoms with Crippen molar-refractivity contribution in [2.45, 2.75) is 96.4 Å². The third-order valence-corrected chi connectivity index (χ3v) is 8.09. The Kier molecular flexibility index (Phi) is 6.16. The molecule has 0 aliphatic heterocycles. The fourth-order valence-electron chi connectivity index (χ4n) is 6.92. The fraction of sp³-hybridized carbons (Fsp3) is 0.870. The van der Waals surface area contributed by atoms with Gasteiger partial charge in [-0.05, 0) is 75.5 Å². The van der Waals surface area contributed by atoms with Gasteiger partial charge in [-0.15, -0.1) is 0 Å². The lowest BCUT2D eigenvalue weighted by atomic mass is 9.49. The molecule has 0 aromatic carbocycles. The predicted molar refractivity (Wildman–Crippen MR) is 110 cm³/mol. The van der Waals surface area contributed by atoms with Gasteiger partial charge in [0, 0.05) is 11.8 Å². The molecule has 5 saturated carbocycles. The van der Waals surface area contributed by atoms with Crippen molar-refractivity contribution >= 4 is 17.7 Å². The van der Waals surface area contributed by atoms with Crippen LogP contribution in [0, 0.1) is 29.1 Å². The molecule has 5 aliphatic rings. The maximum absolute atomic E-state index is 13.0. The largest absolute Gasteiger partial charge is 0.344 e. The molecule has 0 spiro atoms. The van der Waals surface area contributed by atoms with E-state index in [0.717, 1.165) is 25.7 Å². The highest BCUT2D eigenvalue weighted by atomic mass is 16.2. The van der Waals surface area contributed by atoms with E-state index in [4.69, 9.17) is 0 Å². The summed E-state index contributed by atoms with van der Waals surface area (Å²) in [6.45, 7) is 1.70. The maximum atomic E-state index is 13.0. The van der Waals surface area contributed by atoms with Crippen LogP contribution in [-0.2, 0) is 14.4 Å². The smallest absolute Gasteiger partial charge is 0.260 e. The van der Waals surface area contributed by atoms with E-state index in [0.29, 0.717) is 30.1 Å². The SMILES string of the molecule is CC(NC(=O)C12CC3CC(CC(C3)C1)C2)C(=O)NNC(=O)CCC1CCCCC1. The Labute approximate surface area is 174 Å². The van der Waals surface area contributed by atoms with E-state index in [-0.39, 0.29) is 23.1 Å². The van der Waals surface area contributed by atoms with Crippen LogP contribution < -0.4 is 16.2 Å². The van der Waals surface area contributed by atoms with Gasteiger partial charge in [-0.2, -0.15) is 0 Å². The van der Waals surface area contributed by atoms with Gasteiger partial charge in [0.2, 0.25) is 11.8 Å². The molecule has 4 bridgehead atoms. The monoisotopic (exact) mass is 403 g/mol. The maximum Gasteiger partial charge on any atom is 0.260 e. The lowest BCUT2D eigenvalue weighted by Gasteiger charge is -2.55. The molecule has 3 N–H and O–H groups in total. The van der Waals surface area contributed by atoms with Gasteiger partial charge in [0.1, 0.15) is 6.04 Å². The first-order chi connectivity index (χ1) is 13.9. The number of hydrogen-bond donors (Lipinski definition) is 3. The lowest BCUT2D eigenvalue weighted by Crippen LogP contribution is -2.57. The van der Waals surface area contributed by atoms with Crippen LogP contribution in [-0.4, -0.2) is 23.8 Å². The highest BCUT2D eigenvalue weighted by Gasteiger charge is 2.54. The highest BCUT2D eigenvalue weighted by molar-refractivity contribution is 5.91. The van der Waals surface area contributed by atoms with Crippen LogP contribution in [0.2, 0.25) is 0 Å². The number of hydrogen-bond acceptors (Lipinski definition) is 3. The van der Waals surface area contributed by atoms with Crippen LogP contribution in [0.3, 0.4) is 0 Å². The minimum absolute atomic E-state index is 0.0443. The molecule has 0 aromatic rings. The number of amides is 3. The third kappa shape index (κ3) is 4.77. The van der Waals surface area contributed by atoms with E-state index >= 15 is 0 Å². The van der Waals surface area contributed by atoms with Gasteiger partial charge in [-0.3, -0.25) is 25.2 Å². The Morgan fingerprint density at radius 1 is 0.897 bits per heavy atom. The van der Waals surface area contributed by atoms with Gasteiger partial charge in [0.25, 0.3) is 5.91 Å². The molecule has 6 nitrogen and oxygen atoms in total. The third-order valence-electron chi connectivity index (χ3n) is 8.09. The quantitative estimate of drug-likeness (QED) is 0.595. The van der Waals surface area contributed by atoms with Crippen LogP contribution in [0.1, 0.15) is 90.4 Å². The van der Waals surface area contributed by atoms with Gasteiger partial charge in [-0.25, -0.2) is 0 Å². The molecule has 1 unspecified atom stereocenters. The second-order valence-electron chi connectivity index (χ2n) is 10.5. The van der Waals surface area contributed by atoms with Crippen LogP contribution in [0.25, 0.3) is 0 Å². The normalized spacial score (nSPS) is 34.4. The summed E-state index contributed by atoms with van der Waals surface area (Å²) in [6, 6.07) is -0.644. The van der Waals surface area contributed by atoms with Gasteiger partial charge in [-0.1, -0.05) is 32.1 Å². The summed E-state index contributed by atoms with van der Waals surface area (Å²) in [7, 11) is 0. The van der Waals surface area contributed by atoms with Crippen molar-refractivity contribution in [3.8, 4) is 0 Å². The summed E-state index contributed by atoms with van der Waals surface area (Å²) < 4.78 is 0. The second-order valence-corrected chi connectivity index (χ2v) is 10.5. The minimum atomic E-state index is -0.644. The number of nitrogens with one attached hydrogen (secondary N) is 3. The van der Waals surface area contributed by atoms with E-state index in [1.807, 2.05) is 0 Å². The number of carbonyl (C=O) groups is 3. The topological polar surface area (TPSA) is 87.3 Å². The Morgan fingerprint density at radius 3 is 2.07 bits per heavy atom. The molecule has 0 heterocycles. The summed E-state index contributed by atoms with van der Waals surface area (Å²) in [5.41, 5.74) is 4.76. The van der Waals surface area contributed by atoms with E-state index in [1.54, 1.807) is 6.92 Å². The Balaban J connectivity index is 1.19. The zero-order valence-corrected chi connectivity index (χ0v) is 17.8. The average Bonchev–Trinajstić information content (AvgIpc) is 2.70. The summed E-state index contributed by atoms with van der Waals surface area (Å²) in [5, 5.41) is 2.94. The molecular weight excluding hydrogens is 366 g/mol. The van der Waals surface area contributed by atoms with Crippen molar-refractivity contribution in [2.24, 2.45) is 29.1 Å². The van der Waals surface area contributed by atoms with Crippen LogP contribution in [0.15, 0.2) is 0 Å². The zero-order chi connectivity index (χ0) is 20.4. The van der Waals surface area contributed by atoms with Crippen LogP contribution >= 0.6 is 0 Å². The fourth-order valence-corrected chi connectivity index (χ4v) is 6.92. The van der Waals surface area contributed by atoms with E-state index in [2.05, 4.69) is 16.2 Å². The molecule has 6 heteroatoms. The Hall–Kier alpha value is -1.59. The highest BCUT2D eigenvalue weighted by Crippen LogP contribution is 2.60. The summed E-state index contributed by atoms with van der Waals surface area (Å²) in [6.07, 6.45) is 14.4. The van der Waals surface area contributed by atoms with E-state index in [1.165, 1.54) is 51.4 Å². The van der Waals surface area contributed by atoms with Gasteiger partial charge in [0.15, 0.2) is 0 Å². The van der Waals surface area contributed by atoms with Gasteiger partial charge >= 0.3 is 0 Å². The Morgan fingerprint density at radius 2 is 1.48 bits per heavy atom. The van der Waals surface area contributed by atoms with Gasteiger partial charge in [0.05, 0.1) is 0 Å². The second kappa shape index (κ2) is 8.65. The van der Waals surface area contributed by atoms with Crippen LogP contribution in [0.5, 0.6) is 0 Å². The standard InChI is InChI=1S/C23H37N3O3/c1-15(21(28)26-25-20(27)8-7-16-5-3-2-4-6-16)24-22(29)23-12-17-9-18(13-23)11-19(10-17)14-23/h15-19H,2-14H2,1H3,(H,24,29)(H,25,27)(H,26,28). The van der Waals surface area contributed by atoms with Crippen molar-refractivity contribution in [3.05, 3.63) is 0 Å². The molecular formula is C23H37N3O3. The number of rotatable bonds is 6. The molecule has 3 amide bonds. The van der Waals surface area contributed by atoms with Crippen LogP contribution in [0.4, 0.5) is 0 Å². The van der Waals surface area contributed by atoms with Crippen molar-refractivity contribution in [2.75, 3.05) is 0 Å². The van der Waals surface area contributed by atoms with E-state index < -0.39 is 6.04 Å². The molecule has 1 atom stereocenters. The molecule has 0 saturated heterocycles. The molecule has 0 aromatic heterocycles. The lowest BCUT2D eigenvalue weighted by molar-refractivity contribution is -0.148. The number of hydrazine groups is 1. The molecule has 0 radical (unpaired) electrons. The summed E-state index contributed by atoms with van der Waals surface area (Å²) in [4.78, 5) is 37.5. The van der Waals surface area contributed by atoms with Gasteiger partial charge < -0.3 is 5.32 Å². The van der Waals surface area contributed by atoms with Crippen molar-refractivity contribution in [3.63, 3.8) is 0 Å². The molecule has 29 heavy (non-hydrogen) atoms. The molecule has 5 aliphatic carbocycles. The first kappa shape index (κ1) is 20.7. The molecule has 5 rings (SSSR count). The first-order valence-electron chi connectivity index (χ1n) is 11.8. The predicted octanol–water partition coefficient (Wildman–Crippen LogP) is 3.22. The summed E-state index contributed by atoms with van der Waals surface area (Å²) >= 11 is 0. The minimum Gasteiger partial charge on any atom is -0.344 e. The van der Waals surface area contributed by atoms with Crippen molar-refractivity contribution < 1.29 is 14.4 Å². The zero-order valence-electron chi connectivity index (χ0n) is 17.8. The van der Waals surface area contributed by atoms with Crippen molar-refractivity contribution in [1.82, 2.24) is 16.2 Å². The average molecular weight is 404 g/mol.